The summed E-state index contributed by atoms with van der Waals surface area (Å²) in [6.07, 6.45) is 8.80. The molecule has 0 radical (unpaired) electrons. The topological polar surface area (TPSA) is 86.2 Å². The standard InChI is InChI=1S/C22H27FN4O3/c1-3-30-22(29)24-14-9-10-27(12-14)21-15-8-7-13(2)11-17(15)25-20(26-21)19-16(23)5-4-6-18(19)28/h6-8,11,14,17,28H,3-5,9-10,12H2,1-2H3,(H,24,29)(H,25,26)/t14-,17?/m1/s1. The first-order valence-corrected chi connectivity index (χ1v) is 10.4. The number of hydrogen-bond acceptors (Lipinski definition) is 6. The highest BCUT2D eigenvalue weighted by atomic mass is 19.1. The Morgan fingerprint density at radius 2 is 2.30 bits per heavy atom. The molecule has 0 aromatic rings. The molecule has 2 heterocycles. The Morgan fingerprint density at radius 3 is 3.07 bits per heavy atom. The van der Waals surface area contributed by atoms with Crippen molar-refractivity contribution >= 4 is 11.9 Å². The minimum atomic E-state index is -0.421. The predicted octanol–water partition coefficient (Wildman–Crippen LogP) is 3.36. The van der Waals surface area contributed by atoms with E-state index in [1.807, 2.05) is 19.1 Å². The van der Waals surface area contributed by atoms with Crippen LogP contribution < -0.4 is 10.6 Å². The van der Waals surface area contributed by atoms with Crippen LogP contribution in [-0.2, 0) is 4.74 Å². The maximum Gasteiger partial charge on any atom is 0.407 e. The smallest absolute Gasteiger partial charge is 0.407 e. The normalized spacial score (nSPS) is 26.0. The molecule has 1 amide bonds. The van der Waals surface area contributed by atoms with E-state index < -0.39 is 6.09 Å². The Balaban J connectivity index is 1.64. The number of carbonyl (C=O) groups excluding carboxylic acids is 1. The van der Waals surface area contributed by atoms with Gasteiger partial charge in [-0.1, -0.05) is 23.8 Å². The first kappa shape index (κ1) is 20.3. The largest absolute Gasteiger partial charge is 0.507 e. The Kier molecular flexibility index (Phi) is 5.65. The Bertz CT molecular complexity index is 929. The number of nitrogens with one attached hydrogen (secondary N) is 2. The molecule has 2 aliphatic heterocycles. The van der Waals surface area contributed by atoms with Crippen LogP contribution in [0.5, 0.6) is 0 Å². The van der Waals surface area contributed by atoms with Gasteiger partial charge in [0.15, 0.2) is 0 Å². The summed E-state index contributed by atoms with van der Waals surface area (Å²) in [5.74, 6) is 0.633. The lowest BCUT2D eigenvalue weighted by molar-refractivity contribution is 0.148. The summed E-state index contributed by atoms with van der Waals surface area (Å²) < 4.78 is 19.6. The van der Waals surface area contributed by atoms with Crippen LogP contribution in [0.15, 0.2) is 63.4 Å². The van der Waals surface area contributed by atoms with Gasteiger partial charge < -0.3 is 25.4 Å². The van der Waals surface area contributed by atoms with Crippen molar-refractivity contribution in [1.29, 1.82) is 0 Å². The van der Waals surface area contributed by atoms with Crippen molar-refractivity contribution in [3.63, 3.8) is 0 Å². The van der Waals surface area contributed by atoms with Crippen LogP contribution in [-0.4, -0.2) is 53.7 Å². The van der Waals surface area contributed by atoms with Crippen molar-refractivity contribution in [3.8, 4) is 0 Å². The summed E-state index contributed by atoms with van der Waals surface area (Å²) >= 11 is 0. The van der Waals surface area contributed by atoms with E-state index in [4.69, 9.17) is 9.73 Å². The molecule has 1 unspecified atom stereocenters. The second-order valence-corrected chi connectivity index (χ2v) is 7.81. The van der Waals surface area contributed by atoms with Crippen LogP contribution in [0, 0.1) is 0 Å². The van der Waals surface area contributed by atoms with Gasteiger partial charge in [0.05, 0.1) is 24.3 Å². The number of nitrogens with zero attached hydrogens (tertiary/aromatic N) is 2. The van der Waals surface area contributed by atoms with E-state index in [1.165, 1.54) is 0 Å². The summed E-state index contributed by atoms with van der Waals surface area (Å²) in [6, 6.07) is -0.211. The van der Waals surface area contributed by atoms with Crippen molar-refractivity contribution in [1.82, 2.24) is 15.5 Å². The lowest BCUT2D eigenvalue weighted by Crippen LogP contribution is -2.43. The van der Waals surface area contributed by atoms with E-state index in [1.54, 1.807) is 13.0 Å². The van der Waals surface area contributed by atoms with E-state index in [-0.39, 0.29) is 35.7 Å². The summed E-state index contributed by atoms with van der Waals surface area (Å²) in [5.41, 5.74) is 2.22. The third-order valence-corrected chi connectivity index (χ3v) is 5.61. The lowest BCUT2D eigenvalue weighted by Gasteiger charge is -2.33. The van der Waals surface area contributed by atoms with Gasteiger partial charge >= 0.3 is 6.09 Å². The van der Waals surface area contributed by atoms with E-state index in [9.17, 15) is 14.3 Å². The van der Waals surface area contributed by atoms with E-state index in [2.05, 4.69) is 21.6 Å². The van der Waals surface area contributed by atoms with Crippen LogP contribution in [0.1, 0.15) is 33.1 Å². The van der Waals surface area contributed by atoms with Gasteiger partial charge in [-0.25, -0.2) is 14.2 Å². The minimum absolute atomic E-state index is 0.0482. The number of aliphatic imine (C=N–C) groups is 1. The first-order chi connectivity index (χ1) is 14.5. The molecule has 3 N–H and O–H groups in total. The zero-order chi connectivity index (χ0) is 21.3. The average Bonchev–Trinajstić information content (AvgIpc) is 3.15. The highest BCUT2D eigenvalue weighted by Gasteiger charge is 2.34. The number of amidine groups is 1. The fraction of sp³-hybridized carbons (Fsp3) is 0.455. The van der Waals surface area contributed by atoms with Gasteiger partial charge in [-0.3, -0.25) is 0 Å². The summed E-state index contributed by atoms with van der Waals surface area (Å²) in [4.78, 5) is 18.6. The zero-order valence-electron chi connectivity index (χ0n) is 17.2. The van der Waals surface area contributed by atoms with Crippen molar-refractivity contribution in [3.05, 3.63) is 58.4 Å². The lowest BCUT2D eigenvalue weighted by atomic mass is 9.94. The fourth-order valence-electron chi connectivity index (χ4n) is 4.16. The monoisotopic (exact) mass is 414 g/mol. The van der Waals surface area contributed by atoms with Crippen molar-refractivity contribution in [2.75, 3.05) is 19.7 Å². The van der Waals surface area contributed by atoms with Crippen molar-refractivity contribution in [2.45, 2.75) is 45.2 Å². The summed E-state index contributed by atoms with van der Waals surface area (Å²) in [5, 5.41) is 16.5. The molecule has 4 rings (SSSR count). The molecule has 1 fully saturated rings. The maximum atomic E-state index is 14.6. The van der Waals surface area contributed by atoms with E-state index in [0.29, 0.717) is 32.0 Å². The quantitative estimate of drug-likeness (QED) is 0.657. The molecule has 2 aliphatic carbocycles. The molecule has 0 saturated carbocycles. The number of aliphatic hydroxyl groups excluding tert-OH is 1. The number of rotatable bonds is 4. The van der Waals surface area contributed by atoms with Gasteiger partial charge in [-0.15, -0.1) is 0 Å². The van der Waals surface area contributed by atoms with Gasteiger partial charge in [0, 0.05) is 25.1 Å². The number of halogens is 1. The molecule has 0 bridgehead atoms. The highest BCUT2D eigenvalue weighted by Crippen LogP contribution is 2.32. The zero-order valence-corrected chi connectivity index (χ0v) is 17.2. The number of aliphatic hydroxyl groups is 1. The Labute approximate surface area is 175 Å². The highest BCUT2D eigenvalue weighted by molar-refractivity contribution is 6.04. The third-order valence-electron chi connectivity index (χ3n) is 5.61. The number of alkyl carbamates (subject to hydrolysis) is 1. The molecule has 2 atom stereocenters. The van der Waals surface area contributed by atoms with Gasteiger partial charge in [0.1, 0.15) is 23.2 Å². The second kappa shape index (κ2) is 8.38. The van der Waals surface area contributed by atoms with Gasteiger partial charge in [0.25, 0.3) is 0 Å². The number of likely N-dealkylation sites (tertiary alicyclic amines) is 1. The molecule has 0 spiro atoms. The van der Waals surface area contributed by atoms with Gasteiger partial charge in [-0.2, -0.15) is 0 Å². The number of amides is 1. The van der Waals surface area contributed by atoms with Crippen LogP contribution in [0.2, 0.25) is 0 Å². The second-order valence-electron chi connectivity index (χ2n) is 7.81. The van der Waals surface area contributed by atoms with Crippen molar-refractivity contribution in [2.24, 2.45) is 4.99 Å². The predicted molar refractivity (Wildman–Crippen MR) is 112 cm³/mol. The maximum absolute atomic E-state index is 14.6. The number of carbonyl (C=O) groups is 1. The molecule has 1 saturated heterocycles. The molecule has 0 aromatic carbocycles. The minimum Gasteiger partial charge on any atom is -0.507 e. The molecule has 8 heteroatoms. The van der Waals surface area contributed by atoms with Crippen LogP contribution in [0.3, 0.4) is 0 Å². The first-order valence-electron chi connectivity index (χ1n) is 10.4. The van der Waals surface area contributed by atoms with Gasteiger partial charge in [0.2, 0.25) is 0 Å². The third kappa shape index (κ3) is 3.99. The van der Waals surface area contributed by atoms with E-state index in [0.717, 1.165) is 23.4 Å². The van der Waals surface area contributed by atoms with Crippen molar-refractivity contribution < 1.29 is 19.0 Å². The fourth-order valence-corrected chi connectivity index (χ4v) is 4.16. The number of fused-ring (bicyclic) bond motifs is 1. The Hall–Kier alpha value is -3.03. The summed E-state index contributed by atoms with van der Waals surface area (Å²) in [6.45, 7) is 5.40. The van der Waals surface area contributed by atoms with Gasteiger partial charge in [-0.05, 0) is 32.8 Å². The molecule has 160 valence electrons. The average molecular weight is 414 g/mol. The van der Waals surface area contributed by atoms with Crippen LogP contribution in [0.4, 0.5) is 9.18 Å². The number of hydrogen-bond donors (Lipinski definition) is 3. The Morgan fingerprint density at radius 1 is 1.47 bits per heavy atom. The molecule has 4 aliphatic rings. The SMILES string of the molecule is CCOC(=O)N[C@@H]1CCN(C2=C3C=CC(C)=CC3NC(C3=C(F)CCC=C3O)=N2)C1. The molecule has 30 heavy (non-hydrogen) atoms. The van der Waals surface area contributed by atoms with Crippen LogP contribution >= 0.6 is 0 Å². The number of allylic oxidation sites excluding steroid dienone is 4. The molecule has 0 aromatic heterocycles. The summed E-state index contributed by atoms with van der Waals surface area (Å²) in [7, 11) is 0. The molecular formula is C22H27FN4O3. The molecular weight excluding hydrogens is 387 g/mol. The van der Waals surface area contributed by atoms with Crippen LogP contribution in [0.25, 0.3) is 0 Å². The van der Waals surface area contributed by atoms with E-state index >= 15 is 0 Å². The number of ether oxygens (including phenoxy) is 1. The molecule has 7 nitrogen and oxygen atoms in total.